The van der Waals surface area contributed by atoms with Crippen LogP contribution in [0.15, 0.2) is 24.3 Å². The van der Waals surface area contributed by atoms with Crippen molar-refractivity contribution in [2.45, 2.75) is 13.0 Å². The predicted octanol–water partition coefficient (Wildman–Crippen LogP) is 2.40. The molecule has 2 heteroatoms. The first-order valence-electron chi connectivity index (χ1n) is 3.60. The van der Waals surface area contributed by atoms with Gasteiger partial charge in [-0.3, -0.25) is 0 Å². The summed E-state index contributed by atoms with van der Waals surface area (Å²) in [6.07, 6.45) is -0.728. The van der Waals surface area contributed by atoms with E-state index in [0.29, 0.717) is 5.02 Å². The fourth-order valence-electron chi connectivity index (χ4n) is 0.897. The molecule has 0 fully saturated rings. The molecule has 0 saturated carbocycles. The molecule has 0 saturated heterocycles. The van der Waals surface area contributed by atoms with Crippen molar-refractivity contribution < 1.29 is 5.11 Å². The van der Waals surface area contributed by atoms with Gasteiger partial charge in [0.15, 0.2) is 0 Å². The number of hydrogen-bond acceptors (Lipinski definition) is 1. The first-order chi connectivity index (χ1) is 5.74. The van der Waals surface area contributed by atoms with Crippen LogP contribution in [-0.4, -0.2) is 5.11 Å². The molecule has 0 aromatic heterocycles. The minimum Gasteiger partial charge on any atom is -0.376 e. The largest absolute Gasteiger partial charge is 0.376 e. The molecule has 0 radical (unpaired) electrons. The third-order valence-electron chi connectivity index (χ3n) is 1.45. The van der Waals surface area contributed by atoms with Crippen LogP contribution in [0.4, 0.5) is 0 Å². The average molecular weight is 181 g/mol. The summed E-state index contributed by atoms with van der Waals surface area (Å²) in [4.78, 5) is 0. The summed E-state index contributed by atoms with van der Waals surface area (Å²) in [5.74, 6) is 5.28. The Morgan fingerprint density at radius 3 is 2.83 bits per heavy atom. The molecule has 1 atom stereocenters. The van der Waals surface area contributed by atoms with Crippen LogP contribution in [0.1, 0.15) is 18.6 Å². The van der Waals surface area contributed by atoms with Crippen LogP contribution in [0.2, 0.25) is 5.02 Å². The molecule has 0 aliphatic carbocycles. The lowest BCUT2D eigenvalue weighted by Gasteiger charge is -2.02. The molecule has 0 amide bonds. The van der Waals surface area contributed by atoms with Gasteiger partial charge in [-0.15, -0.1) is 5.92 Å². The van der Waals surface area contributed by atoms with E-state index in [0.717, 1.165) is 5.56 Å². The van der Waals surface area contributed by atoms with Crippen molar-refractivity contribution in [1.82, 2.24) is 0 Å². The minimum atomic E-state index is -0.728. The van der Waals surface area contributed by atoms with Gasteiger partial charge in [-0.05, 0) is 24.6 Å². The standard InChI is InChI=1S/C10H9ClO/c1-2-4-10(12)8-5-3-6-9(11)7-8/h3,5-7,10,12H,1H3. The second kappa shape index (κ2) is 4.15. The van der Waals surface area contributed by atoms with E-state index >= 15 is 0 Å². The smallest absolute Gasteiger partial charge is 0.140 e. The van der Waals surface area contributed by atoms with Gasteiger partial charge in [0.05, 0.1) is 0 Å². The number of benzene rings is 1. The Morgan fingerprint density at radius 1 is 1.50 bits per heavy atom. The van der Waals surface area contributed by atoms with Crippen molar-refractivity contribution in [3.8, 4) is 11.8 Å². The quantitative estimate of drug-likeness (QED) is 0.658. The van der Waals surface area contributed by atoms with Crippen LogP contribution in [0.3, 0.4) is 0 Å². The second-order valence-electron chi connectivity index (χ2n) is 2.35. The molecule has 0 bridgehead atoms. The summed E-state index contributed by atoms with van der Waals surface area (Å²) in [5.41, 5.74) is 0.733. The topological polar surface area (TPSA) is 20.2 Å². The highest BCUT2D eigenvalue weighted by molar-refractivity contribution is 6.30. The van der Waals surface area contributed by atoms with Crippen molar-refractivity contribution in [3.05, 3.63) is 34.9 Å². The zero-order chi connectivity index (χ0) is 8.97. The molecule has 1 rings (SSSR count). The SMILES string of the molecule is CC#CC(O)c1cccc(Cl)c1. The molecule has 0 spiro atoms. The van der Waals surface area contributed by atoms with E-state index in [2.05, 4.69) is 11.8 Å². The fourth-order valence-corrected chi connectivity index (χ4v) is 1.10. The van der Waals surface area contributed by atoms with Gasteiger partial charge in [0.1, 0.15) is 6.10 Å². The van der Waals surface area contributed by atoms with Crippen LogP contribution in [0.5, 0.6) is 0 Å². The van der Waals surface area contributed by atoms with Gasteiger partial charge in [-0.2, -0.15) is 0 Å². The lowest BCUT2D eigenvalue weighted by molar-refractivity contribution is 0.238. The predicted molar refractivity (Wildman–Crippen MR) is 49.9 cm³/mol. The van der Waals surface area contributed by atoms with Gasteiger partial charge >= 0.3 is 0 Å². The van der Waals surface area contributed by atoms with Crippen LogP contribution in [-0.2, 0) is 0 Å². The molecule has 0 aliphatic heterocycles. The van der Waals surface area contributed by atoms with E-state index in [1.54, 1.807) is 31.2 Å². The van der Waals surface area contributed by atoms with Gasteiger partial charge in [0.2, 0.25) is 0 Å². The van der Waals surface area contributed by atoms with Crippen molar-refractivity contribution in [2.75, 3.05) is 0 Å². The lowest BCUT2D eigenvalue weighted by atomic mass is 10.1. The maximum absolute atomic E-state index is 9.41. The summed E-state index contributed by atoms with van der Waals surface area (Å²) >= 11 is 5.73. The van der Waals surface area contributed by atoms with E-state index in [1.165, 1.54) is 0 Å². The van der Waals surface area contributed by atoms with E-state index in [-0.39, 0.29) is 0 Å². The molecular formula is C10H9ClO. The molecule has 0 heterocycles. The number of halogens is 1. The highest BCUT2D eigenvalue weighted by atomic mass is 35.5. The molecule has 1 aromatic rings. The zero-order valence-corrected chi connectivity index (χ0v) is 7.47. The first-order valence-corrected chi connectivity index (χ1v) is 3.97. The molecule has 62 valence electrons. The number of aliphatic hydroxyl groups is 1. The van der Waals surface area contributed by atoms with E-state index in [4.69, 9.17) is 11.6 Å². The van der Waals surface area contributed by atoms with Crippen molar-refractivity contribution in [1.29, 1.82) is 0 Å². The summed E-state index contributed by atoms with van der Waals surface area (Å²) in [5, 5.41) is 10.0. The van der Waals surface area contributed by atoms with Crippen LogP contribution < -0.4 is 0 Å². The summed E-state index contributed by atoms with van der Waals surface area (Å²) in [6, 6.07) is 7.05. The molecule has 1 aromatic carbocycles. The normalized spacial score (nSPS) is 11.6. The summed E-state index contributed by atoms with van der Waals surface area (Å²) in [6.45, 7) is 1.69. The zero-order valence-electron chi connectivity index (χ0n) is 6.71. The molecule has 1 unspecified atom stereocenters. The van der Waals surface area contributed by atoms with E-state index in [1.807, 2.05) is 0 Å². The molecule has 12 heavy (non-hydrogen) atoms. The number of hydrogen-bond donors (Lipinski definition) is 1. The van der Waals surface area contributed by atoms with Gasteiger partial charge in [-0.1, -0.05) is 29.7 Å². The third kappa shape index (κ3) is 2.27. The lowest BCUT2D eigenvalue weighted by Crippen LogP contribution is -1.92. The monoisotopic (exact) mass is 180 g/mol. The Morgan fingerprint density at radius 2 is 2.25 bits per heavy atom. The van der Waals surface area contributed by atoms with Crippen molar-refractivity contribution in [3.63, 3.8) is 0 Å². The van der Waals surface area contributed by atoms with Crippen LogP contribution in [0.25, 0.3) is 0 Å². The number of rotatable bonds is 1. The van der Waals surface area contributed by atoms with Gasteiger partial charge < -0.3 is 5.11 Å². The van der Waals surface area contributed by atoms with Gasteiger partial charge in [-0.25, -0.2) is 0 Å². The maximum atomic E-state index is 9.41. The Hall–Kier alpha value is -0.970. The first kappa shape index (κ1) is 9.12. The maximum Gasteiger partial charge on any atom is 0.140 e. The molecular weight excluding hydrogens is 172 g/mol. The summed E-state index contributed by atoms with van der Waals surface area (Å²) < 4.78 is 0. The molecule has 0 aliphatic rings. The van der Waals surface area contributed by atoms with Crippen LogP contribution in [0, 0.1) is 11.8 Å². The molecule has 1 N–H and O–H groups in total. The van der Waals surface area contributed by atoms with Gasteiger partial charge in [0, 0.05) is 5.02 Å². The third-order valence-corrected chi connectivity index (χ3v) is 1.68. The van der Waals surface area contributed by atoms with Crippen LogP contribution >= 0.6 is 11.6 Å². The van der Waals surface area contributed by atoms with Crippen molar-refractivity contribution in [2.24, 2.45) is 0 Å². The molecule has 1 nitrogen and oxygen atoms in total. The van der Waals surface area contributed by atoms with E-state index < -0.39 is 6.10 Å². The minimum absolute atomic E-state index is 0.615. The van der Waals surface area contributed by atoms with E-state index in [9.17, 15) is 5.11 Å². The Bertz CT molecular complexity index is 322. The highest BCUT2D eigenvalue weighted by Gasteiger charge is 2.02. The Balaban J connectivity index is 2.92. The Kier molecular flexibility index (Phi) is 3.16. The fraction of sp³-hybridized carbons (Fsp3) is 0.200. The second-order valence-corrected chi connectivity index (χ2v) is 2.79. The van der Waals surface area contributed by atoms with Crippen molar-refractivity contribution >= 4 is 11.6 Å². The Labute approximate surface area is 77.0 Å². The summed E-state index contributed by atoms with van der Waals surface area (Å²) in [7, 11) is 0. The number of aliphatic hydroxyl groups excluding tert-OH is 1. The highest BCUT2D eigenvalue weighted by Crippen LogP contribution is 2.16. The van der Waals surface area contributed by atoms with Gasteiger partial charge in [0.25, 0.3) is 0 Å². The average Bonchev–Trinajstić information content (AvgIpc) is 2.05.